The first-order valence-electron chi connectivity index (χ1n) is 7.52. The highest BCUT2D eigenvalue weighted by Crippen LogP contribution is 2.37. The fourth-order valence-corrected chi connectivity index (χ4v) is 3.23. The molecule has 20 heavy (non-hydrogen) atoms. The lowest BCUT2D eigenvalue weighted by Crippen LogP contribution is -2.43. The first-order valence-corrected chi connectivity index (χ1v) is 10.4. The largest absolute Gasteiger partial charge is 0.414 e. The van der Waals surface area contributed by atoms with E-state index in [9.17, 15) is 0 Å². The van der Waals surface area contributed by atoms with Gasteiger partial charge in [-0.05, 0) is 37.0 Å². The Balaban J connectivity index is 2.25. The molecule has 0 amide bonds. The van der Waals surface area contributed by atoms with E-state index >= 15 is 0 Å². The van der Waals surface area contributed by atoms with Crippen LogP contribution in [-0.2, 0) is 15.8 Å². The summed E-state index contributed by atoms with van der Waals surface area (Å²) in [5, 5.41) is 0.270. The number of hydrogen-bond donors (Lipinski definition) is 0. The highest BCUT2D eigenvalue weighted by molar-refractivity contribution is 6.74. The topological polar surface area (TPSA) is 18.5 Å². The van der Waals surface area contributed by atoms with Crippen LogP contribution in [0.15, 0.2) is 30.3 Å². The molecule has 0 aliphatic rings. The van der Waals surface area contributed by atoms with Crippen LogP contribution in [0.5, 0.6) is 0 Å². The van der Waals surface area contributed by atoms with Crippen LogP contribution in [0.4, 0.5) is 0 Å². The number of ether oxygens (including phenoxy) is 1. The molecule has 1 unspecified atom stereocenters. The Labute approximate surface area is 125 Å². The standard InChI is InChI=1S/C17H30O2Si/c1-15(19-20(5,6)17(2,3)4)12-13-18-14-16-10-8-7-9-11-16/h7-11,15H,12-14H2,1-6H3. The average Bonchev–Trinajstić information content (AvgIpc) is 2.34. The molecule has 0 radical (unpaired) electrons. The third kappa shape index (κ3) is 5.78. The zero-order valence-corrected chi connectivity index (χ0v) is 14.9. The smallest absolute Gasteiger partial charge is 0.192 e. The van der Waals surface area contributed by atoms with Gasteiger partial charge in [-0.15, -0.1) is 0 Å². The molecule has 0 N–H and O–H groups in total. The van der Waals surface area contributed by atoms with E-state index in [-0.39, 0.29) is 11.1 Å². The quantitative estimate of drug-likeness (QED) is 0.520. The van der Waals surface area contributed by atoms with Crippen molar-refractivity contribution < 1.29 is 9.16 Å². The maximum Gasteiger partial charge on any atom is 0.192 e. The molecule has 1 aromatic carbocycles. The van der Waals surface area contributed by atoms with Crippen molar-refractivity contribution in [1.82, 2.24) is 0 Å². The van der Waals surface area contributed by atoms with Gasteiger partial charge in [0.15, 0.2) is 8.32 Å². The summed E-state index contributed by atoms with van der Waals surface area (Å²) >= 11 is 0. The lowest BCUT2D eigenvalue weighted by atomic mass is 10.2. The molecule has 0 fully saturated rings. The van der Waals surface area contributed by atoms with Crippen LogP contribution in [-0.4, -0.2) is 21.0 Å². The number of rotatable bonds is 7. The molecule has 114 valence electrons. The Morgan fingerprint density at radius 3 is 2.25 bits per heavy atom. The van der Waals surface area contributed by atoms with Crippen LogP contribution in [0.1, 0.15) is 39.7 Å². The van der Waals surface area contributed by atoms with E-state index in [1.54, 1.807) is 0 Å². The predicted molar refractivity (Wildman–Crippen MR) is 88.5 cm³/mol. The Kier molecular flexibility index (Phi) is 6.43. The third-order valence-electron chi connectivity index (χ3n) is 4.08. The highest BCUT2D eigenvalue weighted by Gasteiger charge is 2.38. The van der Waals surface area contributed by atoms with Gasteiger partial charge in [-0.2, -0.15) is 0 Å². The van der Waals surface area contributed by atoms with Crippen molar-refractivity contribution in [3.63, 3.8) is 0 Å². The highest BCUT2D eigenvalue weighted by atomic mass is 28.4. The summed E-state index contributed by atoms with van der Waals surface area (Å²) in [6.45, 7) is 15.0. The van der Waals surface area contributed by atoms with E-state index in [0.717, 1.165) is 13.0 Å². The van der Waals surface area contributed by atoms with Crippen LogP contribution in [0.25, 0.3) is 0 Å². The molecule has 0 bridgehead atoms. The van der Waals surface area contributed by atoms with E-state index < -0.39 is 8.32 Å². The van der Waals surface area contributed by atoms with Crippen LogP contribution >= 0.6 is 0 Å². The van der Waals surface area contributed by atoms with Crippen molar-refractivity contribution in [2.45, 2.75) is 65.0 Å². The monoisotopic (exact) mass is 294 g/mol. The minimum absolute atomic E-state index is 0.270. The van der Waals surface area contributed by atoms with Gasteiger partial charge in [-0.3, -0.25) is 0 Å². The molecule has 0 heterocycles. The molecule has 0 saturated heterocycles. The lowest BCUT2D eigenvalue weighted by Gasteiger charge is -2.38. The second kappa shape index (κ2) is 7.39. The maximum atomic E-state index is 6.31. The SMILES string of the molecule is CC(CCOCc1ccccc1)O[Si](C)(C)C(C)(C)C. The van der Waals surface area contributed by atoms with Crippen molar-refractivity contribution in [2.24, 2.45) is 0 Å². The van der Waals surface area contributed by atoms with Crippen LogP contribution < -0.4 is 0 Å². The molecule has 0 saturated carbocycles. The minimum Gasteiger partial charge on any atom is -0.414 e. The first-order chi connectivity index (χ1) is 9.22. The van der Waals surface area contributed by atoms with Crippen molar-refractivity contribution in [3.05, 3.63) is 35.9 Å². The zero-order chi connectivity index (χ0) is 15.2. The van der Waals surface area contributed by atoms with Gasteiger partial charge in [0.05, 0.1) is 6.61 Å². The van der Waals surface area contributed by atoms with Crippen LogP contribution in [0, 0.1) is 0 Å². The molecular formula is C17H30O2Si. The van der Waals surface area contributed by atoms with Gasteiger partial charge in [-0.1, -0.05) is 51.1 Å². The van der Waals surface area contributed by atoms with E-state index in [2.05, 4.69) is 52.9 Å². The number of benzene rings is 1. The Bertz CT molecular complexity index is 382. The van der Waals surface area contributed by atoms with E-state index in [4.69, 9.17) is 9.16 Å². The lowest BCUT2D eigenvalue weighted by molar-refractivity contribution is 0.0833. The minimum atomic E-state index is -1.65. The van der Waals surface area contributed by atoms with Crippen molar-refractivity contribution in [3.8, 4) is 0 Å². The fraction of sp³-hybridized carbons (Fsp3) is 0.647. The van der Waals surface area contributed by atoms with Gasteiger partial charge >= 0.3 is 0 Å². The van der Waals surface area contributed by atoms with E-state index in [1.807, 2.05) is 18.2 Å². The molecule has 1 atom stereocenters. The third-order valence-corrected chi connectivity index (χ3v) is 8.69. The molecule has 0 aromatic heterocycles. The molecule has 1 aromatic rings. The molecule has 2 nitrogen and oxygen atoms in total. The maximum absolute atomic E-state index is 6.31. The van der Waals surface area contributed by atoms with Gasteiger partial charge < -0.3 is 9.16 Å². The number of hydrogen-bond acceptors (Lipinski definition) is 2. The molecule has 0 aliphatic heterocycles. The molecule has 0 aliphatic carbocycles. The average molecular weight is 295 g/mol. The Morgan fingerprint density at radius 2 is 1.70 bits per heavy atom. The van der Waals surface area contributed by atoms with Crippen LogP contribution in [0.3, 0.4) is 0 Å². The van der Waals surface area contributed by atoms with Crippen molar-refractivity contribution >= 4 is 8.32 Å². The van der Waals surface area contributed by atoms with Gasteiger partial charge in [-0.25, -0.2) is 0 Å². The fourth-order valence-electron chi connectivity index (χ4n) is 1.75. The van der Waals surface area contributed by atoms with Gasteiger partial charge in [0.1, 0.15) is 0 Å². The second-order valence-electron chi connectivity index (χ2n) is 7.02. The second-order valence-corrected chi connectivity index (χ2v) is 11.8. The summed E-state index contributed by atoms with van der Waals surface area (Å²) in [6, 6.07) is 10.3. The van der Waals surface area contributed by atoms with Gasteiger partial charge in [0, 0.05) is 12.7 Å². The van der Waals surface area contributed by atoms with E-state index in [1.165, 1.54) is 5.56 Å². The zero-order valence-electron chi connectivity index (χ0n) is 13.9. The summed E-state index contributed by atoms with van der Waals surface area (Å²) in [4.78, 5) is 0. The summed E-state index contributed by atoms with van der Waals surface area (Å²) < 4.78 is 12.0. The predicted octanol–water partition coefficient (Wildman–Crippen LogP) is 5.00. The normalized spacial score (nSPS) is 14.3. The van der Waals surface area contributed by atoms with Gasteiger partial charge in [0.25, 0.3) is 0 Å². The summed E-state index contributed by atoms with van der Waals surface area (Å²) in [6.07, 6.45) is 1.23. The molecule has 0 spiro atoms. The first kappa shape index (κ1) is 17.4. The summed E-state index contributed by atoms with van der Waals surface area (Å²) in [5.41, 5.74) is 1.23. The molecule has 3 heteroatoms. The van der Waals surface area contributed by atoms with E-state index in [0.29, 0.717) is 6.61 Å². The van der Waals surface area contributed by atoms with Gasteiger partial charge in [0.2, 0.25) is 0 Å². The summed E-state index contributed by atoms with van der Waals surface area (Å²) in [5.74, 6) is 0. The Morgan fingerprint density at radius 1 is 1.10 bits per heavy atom. The molecular weight excluding hydrogens is 264 g/mol. The Hall–Kier alpha value is -0.643. The van der Waals surface area contributed by atoms with Crippen LogP contribution in [0.2, 0.25) is 18.1 Å². The van der Waals surface area contributed by atoms with Crippen molar-refractivity contribution in [2.75, 3.05) is 6.61 Å². The molecule has 1 rings (SSSR count). The van der Waals surface area contributed by atoms with Crippen molar-refractivity contribution in [1.29, 1.82) is 0 Å². The summed E-state index contributed by atoms with van der Waals surface area (Å²) in [7, 11) is -1.65.